The highest BCUT2D eigenvalue weighted by Crippen LogP contribution is 2.26. The number of halogens is 1. The lowest BCUT2D eigenvalue weighted by Crippen LogP contribution is -2.34. The Balaban J connectivity index is 1.28. The van der Waals surface area contributed by atoms with Gasteiger partial charge in [-0.25, -0.2) is 0 Å². The van der Waals surface area contributed by atoms with Gasteiger partial charge in [-0.05, 0) is 36.2 Å². The summed E-state index contributed by atoms with van der Waals surface area (Å²) in [5.41, 5.74) is 6.23. The van der Waals surface area contributed by atoms with Crippen LogP contribution in [-0.2, 0) is 17.8 Å². The fourth-order valence-corrected chi connectivity index (χ4v) is 5.73. The van der Waals surface area contributed by atoms with Gasteiger partial charge in [0.15, 0.2) is 12.2 Å². The number of amides is 1. The summed E-state index contributed by atoms with van der Waals surface area (Å²) in [5.74, 6) is 0.630. The van der Waals surface area contributed by atoms with Gasteiger partial charge in [0.2, 0.25) is 11.4 Å². The molecule has 0 fully saturated rings. The number of rotatable bonds is 19. The highest BCUT2D eigenvalue weighted by molar-refractivity contribution is 7.07. The number of unbranched alkanes of at least 4 members (excludes halogenated alkanes) is 11. The molecule has 1 aromatic heterocycles. The lowest BCUT2D eigenvalue weighted by atomic mass is 10.1. The quantitative estimate of drug-likeness (QED) is 0.115. The molecule has 3 rings (SSSR count). The summed E-state index contributed by atoms with van der Waals surface area (Å²) in [6.45, 7) is 5.89. The van der Waals surface area contributed by atoms with E-state index in [0.29, 0.717) is 17.4 Å². The Hall–Kier alpha value is -2.37. The molecular formula is C33H46ClN2O2S+. The van der Waals surface area contributed by atoms with E-state index in [1.165, 1.54) is 81.9 Å². The van der Waals surface area contributed by atoms with Crippen molar-refractivity contribution in [3.05, 3.63) is 75.2 Å². The molecule has 2 aromatic carbocycles. The number of anilines is 1. The fourth-order valence-electron chi connectivity index (χ4n) is 4.69. The number of thiazole rings is 1. The molecule has 3 aromatic rings. The molecule has 0 saturated carbocycles. The molecule has 0 atom stereocenters. The molecule has 0 radical (unpaired) electrons. The summed E-state index contributed by atoms with van der Waals surface area (Å²) >= 11 is 8.15. The van der Waals surface area contributed by atoms with Crippen LogP contribution in [0, 0.1) is 6.92 Å². The van der Waals surface area contributed by atoms with Crippen LogP contribution >= 0.6 is 22.9 Å². The lowest BCUT2D eigenvalue weighted by Gasteiger charge is -2.10. The van der Waals surface area contributed by atoms with Crippen LogP contribution in [0.25, 0.3) is 0 Å². The number of nitrogens with zero attached hydrogens (tertiary/aromatic N) is 1. The Labute approximate surface area is 244 Å². The summed E-state index contributed by atoms with van der Waals surface area (Å²) in [6, 6.07) is 13.7. The van der Waals surface area contributed by atoms with Gasteiger partial charge in [-0.15, -0.1) is 0 Å². The van der Waals surface area contributed by atoms with Crippen molar-refractivity contribution >= 4 is 34.5 Å². The van der Waals surface area contributed by atoms with Crippen LogP contribution in [-0.4, -0.2) is 12.5 Å². The van der Waals surface area contributed by atoms with E-state index in [1.807, 2.05) is 30.3 Å². The number of hydrogen-bond acceptors (Lipinski definition) is 3. The number of aryl methyl sites for hydroxylation is 1. The van der Waals surface area contributed by atoms with E-state index in [1.54, 1.807) is 11.3 Å². The van der Waals surface area contributed by atoms with Crippen molar-refractivity contribution in [3.63, 3.8) is 0 Å². The molecule has 1 N–H and O–H groups in total. The van der Waals surface area contributed by atoms with Gasteiger partial charge in [0.1, 0.15) is 5.75 Å². The first kappa shape index (κ1) is 31.2. The standard InChI is InChI=1S/C33H45ClN2O2S/c1-3-4-5-6-7-8-9-10-11-12-13-14-21-38-32-20-17-29(22-31(32)34)23-33(37)35-30-18-15-28(16-19-30)24-36-26-39-25-27(36)2/h15-20,22,25-26H,3-14,21,23-24H2,1-2H3/p+1. The van der Waals surface area contributed by atoms with E-state index in [2.05, 4.69) is 46.8 Å². The average molecular weight is 570 g/mol. The van der Waals surface area contributed by atoms with E-state index in [4.69, 9.17) is 16.3 Å². The molecule has 0 bridgehead atoms. The van der Waals surface area contributed by atoms with E-state index in [9.17, 15) is 4.79 Å². The van der Waals surface area contributed by atoms with Gasteiger partial charge in [-0.1, -0.05) is 119 Å². The van der Waals surface area contributed by atoms with Gasteiger partial charge in [-0.3, -0.25) is 4.79 Å². The molecule has 212 valence electrons. The first-order chi connectivity index (χ1) is 19.0. The molecule has 0 saturated heterocycles. The predicted octanol–water partition coefficient (Wildman–Crippen LogP) is 9.31. The largest absolute Gasteiger partial charge is 0.492 e. The molecule has 0 aliphatic carbocycles. The zero-order valence-corrected chi connectivity index (χ0v) is 25.4. The van der Waals surface area contributed by atoms with Crippen LogP contribution in [0.1, 0.15) is 101 Å². The molecule has 1 heterocycles. The van der Waals surface area contributed by atoms with Crippen LogP contribution in [0.15, 0.2) is 53.4 Å². The average Bonchev–Trinajstić information content (AvgIpc) is 3.33. The first-order valence-electron chi connectivity index (χ1n) is 14.8. The SMILES string of the molecule is CCCCCCCCCCCCCCOc1ccc(CC(=O)Nc2ccc(C[n+]3cscc3C)cc2)cc1Cl. The number of hydrogen-bond donors (Lipinski definition) is 1. The van der Waals surface area contributed by atoms with Crippen LogP contribution < -0.4 is 14.6 Å². The van der Waals surface area contributed by atoms with Crippen molar-refractivity contribution in [2.24, 2.45) is 0 Å². The zero-order chi connectivity index (χ0) is 27.7. The second-order valence-corrected chi connectivity index (χ2v) is 11.7. The summed E-state index contributed by atoms with van der Waals surface area (Å²) in [7, 11) is 0. The minimum Gasteiger partial charge on any atom is -0.492 e. The topological polar surface area (TPSA) is 42.2 Å². The third-order valence-electron chi connectivity index (χ3n) is 7.09. The molecule has 4 nitrogen and oxygen atoms in total. The Bertz CT molecular complexity index is 1110. The fraction of sp³-hybridized carbons (Fsp3) is 0.515. The lowest BCUT2D eigenvalue weighted by molar-refractivity contribution is -0.689. The molecule has 6 heteroatoms. The maximum Gasteiger partial charge on any atom is 0.228 e. The highest BCUT2D eigenvalue weighted by atomic mass is 35.5. The number of ether oxygens (including phenoxy) is 1. The maximum absolute atomic E-state index is 12.6. The van der Waals surface area contributed by atoms with Gasteiger partial charge < -0.3 is 10.1 Å². The van der Waals surface area contributed by atoms with Crippen molar-refractivity contribution < 1.29 is 14.1 Å². The van der Waals surface area contributed by atoms with Crippen molar-refractivity contribution in [2.45, 2.75) is 104 Å². The summed E-state index contributed by atoms with van der Waals surface area (Å²) in [6.07, 6.45) is 16.2. The number of nitrogens with one attached hydrogen (secondary N) is 1. The second kappa shape index (κ2) is 18.1. The molecule has 0 aliphatic rings. The number of benzene rings is 2. The Morgan fingerprint density at radius 1 is 0.872 bits per heavy atom. The van der Waals surface area contributed by atoms with Gasteiger partial charge in [0.05, 0.1) is 23.4 Å². The highest BCUT2D eigenvalue weighted by Gasteiger charge is 2.10. The van der Waals surface area contributed by atoms with E-state index >= 15 is 0 Å². The molecule has 39 heavy (non-hydrogen) atoms. The van der Waals surface area contributed by atoms with Gasteiger partial charge >= 0.3 is 0 Å². The summed E-state index contributed by atoms with van der Waals surface area (Å²) < 4.78 is 8.12. The molecule has 0 unspecified atom stereocenters. The van der Waals surface area contributed by atoms with Gasteiger partial charge in [0, 0.05) is 18.2 Å². The van der Waals surface area contributed by atoms with Crippen LogP contribution in [0.4, 0.5) is 5.69 Å². The number of carbonyl (C=O) groups excluding carboxylic acids is 1. The van der Waals surface area contributed by atoms with Gasteiger partial charge in [-0.2, -0.15) is 4.57 Å². The zero-order valence-electron chi connectivity index (χ0n) is 23.9. The van der Waals surface area contributed by atoms with Gasteiger partial charge in [0.25, 0.3) is 0 Å². The molecule has 1 amide bonds. The number of aromatic nitrogens is 1. The summed E-state index contributed by atoms with van der Waals surface area (Å²) in [4.78, 5) is 12.6. The van der Waals surface area contributed by atoms with Crippen LogP contribution in [0.3, 0.4) is 0 Å². The van der Waals surface area contributed by atoms with E-state index < -0.39 is 0 Å². The van der Waals surface area contributed by atoms with Crippen molar-refractivity contribution in [2.75, 3.05) is 11.9 Å². The van der Waals surface area contributed by atoms with Crippen molar-refractivity contribution in [1.29, 1.82) is 0 Å². The van der Waals surface area contributed by atoms with Crippen molar-refractivity contribution in [3.8, 4) is 5.75 Å². The Kier molecular flexibility index (Phi) is 14.4. The maximum atomic E-state index is 12.6. The van der Waals surface area contributed by atoms with Crippen LogP contribution in [0.5, 0.6) is 5.75 Å². The van der Waals surface area contributed by atoms with E-state index in [0.717, 1.165) is 24.2 Å². The second-order valence-electron chi connectivity index (χ2n) is 10.6. The first-order valence-corrected chi connectivity index (χ1v) is 16.1. The predicted molar refractivity (Wildman–Crippen MR) is 165 cm³/mol. The Morgan fingerprint density at radius 2 is 1.49 bits per heavy atom. The normalized spacial score (nSPS) is 11.1. The van der Waals surface area contributed by atoms with Crippen molar-refractivity contribution in [1.82, 2.24) is 0 Å². The third kappa shape index (κ3) is 12.1. The molecule has 0 aliphatic heterocycles. The number of carbonyl (C=O) groups is 1. The third-order valence-corrected chi connectivity index (χ3v) is 8.24. The monoisotopic (exact) mass is 569 g/mol. The minimum absolute atomic E-state index is 0.0629. The molecular weight excluding hydrogens is 524 g/mol. The molecule has 0 spiro atoms. The van der Waals surface area contributed by atoms with E-state index in [-0.39, 0.29) is 12.3 Å². The summed E-state index contributed by atoms with van der Waals surface area (Å²) in [5, 5.41) is 5.68. The van der Waals surface area contributed by atoms with Crippen LogP contribution in [0.2, 0.25) is 5.02 Å². The smallest absolute Gasteiger partial charge is 0.228 e. The Morgan fingerprint density at radius 3 is 2.08 bits per heavy atom. The minimum atomic E-state index is -0.0629.